The molecule has 0 amide bonds. The van der Waals surface area contributed by atoms with Crippen molar-refractivity contribution in [3.8, 4) is 5.75 Å². The number of ether oxygens (including phenoxy) is 1. The first-order valence-electron chi connectivity index (χ1n) is 5.69. The minimum absolute atomic E-state index is 0.433. The number of nitroso groups, excluding NO2 is 1. The van der Waals surface area contributed by atoms with Gasteiger partial charge < -0.3 is 4.74 Å². The van der Waals surface area contributed by atoms with E-state index in [-0.39, 0.29) is 0 Å². The molecule has 0 spiro atoms. The topological polar surface area (TPSA) is 50.7 Å². The Morgan fingerprint density at radius 3 is 2.33 bits per heavy atom. The molecule has 0 aliphatic rings. The Labute approximate surface area is 106 Å². The minimum Gasteiger partial charge on any atom is -0.489 e. The molecule has 0 bridgehead atoms. The Balaban J connectivity index is 1.88. The van der Waals surface area contributed by atoms with E-state index in [0.29, 0.717) is 13.2 Å². The largest absolute Gasteiger partial charge is 0.489 e. The molecular formula is C14H14N2O2. The lowest BCUT2D eigenvalue weighted by Crippen LogP contribution is -2.03. The number of rotatable bonds is 6. The second-order valence-corrected chi connectivity index (χ2v) is 3.84. The van der Waals surface area contributed by atoms with Crippen molar-refractivity contribution in [3.63, 3.8) is 0 Å². The molecule has 0 aromatic heterocycles. The van der Waals surface area contributed by atoms with E-state index >= 15 is 0 Å². The summed E-state index contributed by atoms with van der Waals surface area (Å²) in [5.41, 5.74) is 4.49. The second-order valence-electron chi connectivity index (χ2n) is 3.84. The predicted molar refractivity (Wildman–Crippen MR) is 69.9 cm³/mol. The third-order valence-corrected chi connectivity index (χ3v) is 2.52. The highest BCUT2D eigenvalue weighted by atomic mass is 16.5. The third kappa shape index (κ3) is 3.59. The lowest BCUT2D eigenvalue weighted by Gasteiger charge is -2.07. The van der Waals surface area contributed by atoms with Crippen LogP contribution in [0.1, 0.15) is 11.1 Å². The van der Waals surface area contributed by atoms with Crippen molar-refractivity contribution in [2.24, 2.45) is 5.29 Å². The zero-order valence-electron chi connectivity index (χ0n) is 9.87. The van der Waals surface area contributed by atoms with Crippen molar-refractivity contribution < 1.29 is 4.74 Å². The summed E-state index contributed by atoms with van der Waals surface area (Å²) < 4.78 is 5.65. The summed E-state index contributed by atoms with van der Waals surface area (Å²) in [7, 11) is 0. The normalized spacial score (nSPS) is 9.78. The molecule has 4 nitrogen and oxygen atoms in total. The maximum Gasteiger partial charge on any atom is 0.119 e. The fraction of sp³-hybridized carbons (Fsp3) is 0.143. The van der Waals surface area contributed by atoms with E-state index < -0.39 is 0 Å². The van der Waals surface area contributed by atoms with Crippen molar-refractivity contribution in [1.82, 2.24) is 5.43 Å². The SMILES string of the molecule is O=NNCc1ccc(OCc2ccccc2)cc1. The quantitative estimate of drug-likeness (QED) is 0.625. The first-order chi connectivity index (χ1) is 8.88. The van der Waals surface area contributed by atoms with Crippen molar-refractivity contribution in [3.05, 3.63) is 70.6 Å². The highest BCUT2D eigenvalue weighted by molar-refractivity contribution is 5.27. The van der Waals surface area contributed by atoms with Gasteiger partial charge in [-0.15, -0.1) is 4.91 Å². The van der Waals surface area contributed by atoms with Gasteiger partial charge in [0.15, 0.2) is 0 Å². The van der Waals surface area contributed by atoms with Gasteiger partial charge in [-0.1, -0.05) is 42.5 Å². The summed E-state index contributed by atoms with van der Waals surface area (Å²) in [6.07, 6.45) is 0. The molecule has 0 saturated heterocycles. The fourth-order valence-corrected chi connectivity index (χ4v) is 1.57. The predicted octanol–water partition coefficient (Wildman–Crippen LogP) is 3.04. The van der Waals surface area contributed by atoms with Crippen LogP contribution in [0.2, 0.25) is 0 Å². The highest BCUT2D eigenvalue weighted by Gasteiger charge is 1.96. The average Bonchev–Trinajstić information content (AvgIpc) is 2.45. The number of hydrogen-bond acceptors (Lipinski definition) is 3. The highest BCUT2D eigenvalue weighted by Crippen LogP contribution is 2.14. The van der Waals surface area contributed by atoms with Gasteiger partial charge in [0, 0.05) is 5.29 Å². The molecule has 0 heterocycles. The van der Waals surface area contributed by atoms with E-state index in [1.165, 1.54) is 0 Å². The summed E-state index contributed by atoms with van der Waals surface area (Å²) in [5, 5.41) is 2.60. The van der Waals surface area contributed by atoms with E-state index in [1.807, 2.05) is 54.6 Å². The standard InChI is InChI=1S/C14H14N2O2/c17-16-15-10-12-6-8-14(9-7-12)18-11-13-4-2-1-3-5-13/h1-9H,10-11H2,(H,15,17). The van der Waals surface area contributed by atoms with Gasteiger partial charge in [-0.3, -0.25) is 5.43 Å². The average molecular weight is 242 g/mol. The van der Waals surface area contributed by atoms with Gasteiger partial charge >= 0.3 is 0 Å². The molecule has 2 rings (SSSR count). The first kappa shape index (κ1) is 12.1. The lowest BCUT2D eigenvalue weighted by molar-refractivity contribution is 0.306. The Morgan fingerprint density at radius 2 is 1.67 bits per heavy atom. The van der Waals surface area contributed by atoms with E-state index in [0.717, 1.165) is 16.9 Å². The van der Waals surface area contributed by atoms with E-state index in [4.69, 9.17) is 4.74 Å². The van der Waals surface area contributed by atoms with E-state index in [1.54, 1.807) is 0 Å². The summed E-state index contributed by atoms with van der Waals surface area (Å²) in [6.45, 7) is 0.983. The molecule has 2 aromatic carbocycles. The van der Waals surface area contributed by atoms with Gasteiger partial charge in [-0.2, -0.15) is 0 Å². The van der Waals surface area contributed by atoms with Gasteiger partial charge in [0.2, 0.25) is 0 Å². The van der Waals surface area contributed by atoms with Crippen LogP contribution in [0.5, 0.6) is 5.75 Å². The van der Waals surface area contributed by atoms with Crippen LogP contribution in [-0.2, 0) is 13.2 Å². The molecular weight excluding hydrogens is 228 g/mol. The number of nitrogens with zero attached hydrogens (tertiary/aromatic N) is 1. The Bertz CT molecular complexity index is 483. The molecule has 0 saturated carbocycles. The Morgan fingerprint density at radius 1 is 0.944 bits per heavy atom. The number of nitrogens with one attached hydrogen (secondary N) is 1. The zero-order valence-corrected chi connectivity index (χ0v) is 9.87. The van der Waals surface area contributed by atoms with Crippen LogP contribution in [0, 0.1) is 4.91 Å². The fourth-order valence-electron chi connectivity index (χ4n) is 1.57. The summed E-state index contributed by atoms with van der Waals surface area (Å²) in [4.78, 5) is 9.92. The van der Waals surface area contributed by atoms with Crippen molar-refractivity contribution in [1.29, 1.82) is 0 Å². The molecule has 4 heteroatoms. The molecule has 92 valence electrons. The van der Waals surface area contributed by atoms with Gasteiger partial charge in [0.25, 0.3) is 0 Å². The molecule has 0 unspecified atom stereocenters. The maximum atomic E-state index is 9.92. The zero-order chi connectivity index (χ0) is 12.6. The summed E-state index contributed by atoms with van der Waals surface area (Å²) in [5.74, 6) is 0.807. The molecule has 0 fully saturated rings. The van der Waals surface area contributed by atoms with Crippen LogP contribution < -0.4 is 10.2 Å². The summed E-state index contributed by atoms with van der Waals surface area (Å²) in [6, 6.07) is 17.6. The van der Waals surface area contributed by atoms with Gasteiger partial charge in [0.1, 0.15) is 12.4 Å². The number of benzene rings is 2. The van der Waals surface area contributed by atoms with E-state index in [9.17, 15) is 4.91 Å². The van der Waals surface area contributed by atoms with Crippen molar-refractivity contribution >= 4 is 0 Å². The summed E-state index contributed by atoms with van der Waals surface area (Å²) >= 11 is 0. The molecule has 0 aliphatic carbocycles. The smallest absolute Gasteiger partial charge is 0.119 e. The molecule has 0 aliphatic heterocycles. The molecule has 2 aromatic rings. The van der Waals surface area contributed by atoms with Crippen LogP contribution in [0.4, 0.5) is 0 Å². The Hall–Kier alpha value is -2.36. The van der Waals surface area contributed by atoms with Gasteiger partial charge in [-0.25, -0.2) is 0 Å². The van der Waals surface area contributed by atoms with Crippen LogP contribution >= 0.6 is 0 Å². The van der Waals surface area contributed by atoms with Crippen LogP contribution in [0.3, 0.4) is 0 Å². The minimum atomic E-state index is 0.433. The van der Waals surface area contributed by atoms with Crippen LogP contribution in [-0.4, -0.2) is 0 Å². The van der Waals surface area contributed by atoms with Gasteiger partial charge in [0.05, 0.1) is 6.54 Å². The first-order valence-corrected chi connectivity index (χ1v) is 5.69. The lowest BCUT2D eigenvalue weighted by atomic mass is 10.2. The van der Waals surface area contributed by atoms with Gasteiger partial charge in [-0.05, 0) is 23.3 Å². The Kier molecular flexibility index (Phi) is 4.30. The maximum absolute atomic E-state index is 9.92. The monoisotopic (exact) mass is 242 g/mol. The second kappa shape index (κ2) is 6.39. The molecule has 18 heavy (non-hydrogen) atoms. The molecule has 0 atom stereocenters. The van der Waals surface area contributed by atoms with E-state index in [2.05, 4.69) is 10.7 Å². The third-order valence-electron chi connectivity index (χ3n) is 2.52. The molecule has 0 radical (unpaired) electrons. The van der Waals surface area contributed by atoms with Crippen LogP contribution in [0.15, 0.2) is 59.9 Å². The van der Waals surface area contributed by atoms with Crippen molar-refractivity contribution in [2.75, 3.05) is 0 Å². The van der Waals surface area contributed by atoms with Crippen LogP contribution in [0.25, 0.3) is 0 Å². The van der Waals surface area contributed by atoms with Crippen molar-refractivity contribution in [2.45, 2.75) is 13.2 Å². The molecule has 1 N–H and O–H groups in total. The number of hydrogen-bond donors (Lipinski definition) is 1.